The van der Waals surface area contributed by atoms with Gasteiger partial charge in [0.1, 0.15) is 11.3 Å². The molecule has 4 rings (SSSR count). The summed E-state index contributed by atoms with van der Waals surface area (Å²) in [6.07, 6.45) is -0.151. The molecule has 0 unspecified atom stereocenters. The number of hydrogen-bond donors (Lipinski definition) is 0. The summed E-state index contributed by atoms with van der Waals surface area (Å²) in [5, 5.41) is 0.929. The molecule has 0 aliphatic carbocycles. The zero-order chi connectivity index (χ0) is 18.3. The third-order valence-electron chi connectivity index (χ3n) is 4.18. The molecule has 1 aliphatic heterocycles. The second-order valence-corrected chi connectivity index (χ2v) is 7.26. The predicted octanol–water partition coefficient (Wildman–Crippen LogP) is 4.09. The standard InChI is InChI=1S/C16H13ClF3N5S/c17-11-7-10(16(18,19)20)8-22-14(11)24-3-5-25(6-4-24)15-23-12-9-21-2-1-13(12)26-15/h1-2,7-9H,3-6H2. The molecule has 0 spiro atoms. The van der Waals surface area contributed by atoms with Crippen molar-refractivity contribution in [3.05, 3.63) is 41.3 Å². The van der Waals surface area contributed by atoms with E-state index in [-0.39, 0.29) is 5.02 Å². The summed E-state index contributed by atoms with van der Waals surface area (Å²) in [5.74, 6) is 0.382. The van der Waals surface area contributed by atoms with E-state index in [1.54, 1.807) is 23.7 Å². The summed E-state index contributed by atoms with van der Waals surface area (Å²) in [7, 11) is 0. The summed E-state index contributed by atoms with van der Waals surface area (Å²) in [6, 6.07) is 2.86. The molecule has 0 atom stereocenters. The van der Waals surface area contributed by atoms with Crippen molar-refractivity contribution in [2.45, 2.75) is 6.18 Å². The summed E-state index contributed by atoms with van der Waals surface area (Å²) in [6.45, 7) is 2.58. The molecule has 3 aromatic rings. The predicted molar refractivity (Wildman–Crippen MR) is 96.1 cm³/mol. The lowest BCUT2D eigenvalue weighted by atomic mass is 10.2. The van der Waals surface area contributed by atoms with Gasteiger partial charge in [-0.3, -0.25) is 4.98 Å². The second-order valence-electron chi connectivity index (χ2n) is 5.84. The first kappa shape index (κ1) is 17.3. The number of aromatic nitrogens is 3. The van der Waals surface area contributed by atoms with Crippen LogP contribution in [0.25, 0.3) is 10.2 Å². The van der Waals surface area contributed by atoms with Gasteiger partial charge in [-0.25, -0.2) is 9.97 Å². The van der Waals surface area contributed by atoms with Crippen molar-refractivity contribution < 1.29 is 13.2 Å². The average Bonchev–Trinajstić information content (AvgIpc) is 3.05. The first-order valence-electron chi connectivity index (χ1n) is 7.85. The number of piperazine rings is 1. The Bertz CT molecular complexity index is 904. The van der Waals surface area contributed by atoms with Crippen LogP contribution in [0.15, 0.2) is 30.7 Å². The highest BCUT2D eigenvalue weighted by molar-refractivity contribution is 7.22. The lowest BCUT2D eigenvalue weighted by Crippen LogP contribution is -2.47. The molecule has 136 valence electrons. The Kier molecular flexibility index (Phi) is 4.36. The Hall–Kier alpha value is -2.13. The van der Waals surface area contributed by atoms with Gasteiger partial charge < -0.3 is 9.80 Å². The van der Waals surface area contributed by atoms with Gasteiger partial charge in [0, 0.05) is 38.6 Å². The first-order valence-corrected chi connectivity index (χ1v) is 9.04. The fourth-order valence-electron chi connectivity index (χ4n) is 2.83. The van der Waals surface area contributed by atoms with Crippen molar-refractivity contribution in [1.82, 2.24) is 15.0 Å². The van der Waals surface area contributed by atoms with E-state index < -0.39 is 11.7 Å². The third kappa shape index (κ3) is 3.28. The van der Waals surface area contributed by atoms with E-state index >= 15 is 0 Å². The van der Waals surface area contributed by atoms with Crippen LogP contribution >= 0.6 is 22.9 Å². The molecule has 4 heterocycles. The van der Waals surface area contributed by atoms with Crippen LogP contribution < -0.4 is 9.80 Å². The minimum absolute atomic E-state index is 0.0133. The summed E-state index contributed by atoms with van der Waals surface area (Å²) in [4.78, 5) is 16.6. The second kappa shape index (κ2) is 6.55. The number of alkyl halides is 3. The van der Waals surface area contributed by atoms with Crippen LogP contribution in [0.3, 0.4) is 0 Å². The molecular weight excluding hydrogens is 387 g/mol. The fourth-order valence-corrected chi connectivity index (χ4v) is 4.10. The molecule has 0 bridgehead atoms. The van der Waals surface area contributed by atoms with E-state index in [0.717, 1.165) is 27.6 Å². The molecule has 0 aromatic carbocycles. The number of nitrogens with zero attached hydrogens (tertiary/aromatic N) is 5. The quantitative estimate of drug-likeness (QED) is 0.649. The van der Waals surface area contributed by atoms with E-state index in [1.165, 1.54) is 0 Å². The lowest BCUT2D eigenvalue weighted by molar-refractivity contribution is -0.137. The minimum Gasteiger partial charge on any atom is -0.352 e. The van der Waals surface area contributed by atoms with Gasteiger partial charge >= 0.3 is 6.18 Å². The Balaban J connectivity index is 1.48. The van der Waals surface area contributed by atoms with Crippen LogP contribution in [0, 0.1) is 0 Å². The van der Waals surface area contributed by atoms with E-state index in [9.17, 15) is 13.2 Å². The average molecular weight is 400 g/mol. The van der Waals surface area contributed by atoms with Crippen molar-refractivity contribution in [3.8, 4) is 0 Å². The normalized spacial score (nSPS) is 15.7. The smallest absolute Gasteiger partial charge is 0.352 e. The maximum atomic E-state index is 12.7. The fraction of sp³-hybridized carbons (Fsp3) is 0.312. The van der Waals surface area contributed by atoms with Gasteiger partial charge in [-0.1, -0.05) is 22.9 Å². The molecule has 10 heteroatoms. The molecule has 0 radical (unpaired) electrons. The number of pyridine rings is 2. The molecule has 0 saturated carbocycles. The maximum Gasteiger partial charge on any atom is 0.417 e. The van der Waals surface area contributed by atoms with E-state index in [4.69, 9.17) is 11.6 Å². The monoisotopic (exact) mass is 399 g/mol. The molecule has 1 aliphatic rings. The third-order valence-corrected chi connectivity index (χ3v) is 5.55. The molecule has 5 nitrogen and oxygen atoms in total. The SMILES string of the molecule is FC(F)(F)c1cnc(N2CCN(c3nc4cnccc4s3)CC2)c(Cl)c1. The van der Waals surface area contributed by atoms with Crippen molar-refractivity contribution in [1.29, 1.82) is 0 Å². The van der Waals surface area contributed by atoms with Crippen molar-refractivity contribution in [2.24, 2.45) is 0 Å². The van der Waals surface area contributed by atoms with Gasteiger partial charge in [0.05, 0.1) is 21.5 Å². The Morgan fingerprint density at radius 1 is 1.08 bits per heavy atom. The van der Waals surface area contributed by atoms with Crippen LogP contribution in [-0.4, -0.2) is 41.1 Å². The number of anilines is 2. The minimum atomic E-state index is -4.45. The Morgan fingerprint density at radius 3 is 2.46 bits per heavy atom. The highest BCUT2D eigenvalue weighted by Gasteiger charge is 2.32. The van der Waals surface area contributed by atoms with Gasteiger partial charge in [0.15, 0.2) is 5.13 Å². The molecule has 26 heavy (non-hydrogen) atoms. The highest BCUT2D eigenvalue weighted by Crippen LogP contribution is 2.34. The van der Waals surface area contributed by atoms with Gasteiger partial charge in [-0.15, -0.1) is 0 Å². The zero-order valence-corrected chi connectivity index (χ0v) is 14.9. The zero-order valence-electron chi connectivity index (χ0n) is 13.4. The van der Waals surface area contributed by atoms with Crippen LogP contribution in [-0.2, 0) is 6.18 Å². The molecule has 1 saturated heterocycles. The number of thiazole rings is 1. The van der Waals surface area contributed by atoms with Gasteiger partial charge in [-0.2, -0.15) is 13.2 Å². The molecular formula is C16H13ClF3N5S. The number of hydrogen-bond acceptors (Lipinski definition) is 6. The lowest BCUT2D eigenvalue weighted by Gasteiger charge is -2.35. The van der Waals surface area contributed by atoms with Gasteiger partial charge in [0.2, 0.25) is 0 Å². The molecule has 0 N–H and O–H groups in total. The van der Waals surface area contributed by atoms with Crippen molar-refractivity contribution >= 4 is 44.1 Å². The van der Waals surface area contributed by atoms with Crippen LogP contribution in [0.5, 0.6) is 0 Å². The largest absolute Gasteiger partial charge is 0.417 e. The van der Waals surface area contributed by atoms with Gasteiger partial charge in [0.25, 0.3) is 0 Å². The van der Waals surface area contributed by atoms with E-state index in [1.807, 2.05) is 11.0 Å². The summed E-state index contributed by atoms with van der Waals surface area (Å²) >= 11 is 7.64. The van der Waals surface area contributed by atoms with E-state index in [2.05, 4.69) is 19.9 Å². The molecule has 3 aromatic heterocycles. The van der Waals surface area contributed by atoms with Crippen LogP contribution in [0.4, 0.5) is 24.1 Å². The van der Waals surface area contributed by atoms with E-state index in [0.29, 0.717) is 32.0 Å². The number of rotatable bonds is 2. The maximum absolute atomic E-state index is 12.7. The number of halogens is 4. The molecule has 1 fully saturated rings. The van der Waals surface area contributed by atoms with Crippen LogP contribution in [0.1, 0.15) is 5.56 Å². The van der Waals surface area contributed by atoms with Crippen molar-refractivity contribution in [3.63, 3.8) is 0 Å². The summed E-state index contributed by atoms with van der Waals surface area (Å²) in [5.41, 5.74) is 0.0235. The highest BCUT2D eigenvalue weighted by atomic mass is 35.5. The van der Waals surface area contributed by atoms with Gasteiger partial charge in [-0.05, 0) is 12.1 Å². The first-order chi connectivity index (χ1) is 12.4. The Labute approximate surface area is 156 Å². The summed E-state index contributed by atoms with van der Waals surface area (Å²) < 4.78 is 39.3. The van der Waals surface area contributed by atoms with Crippen LogP contribution in [0.2, 0.25) is 5.02 Å². The molecule has 0 amide bonds. The van der Waals surface area contributed by atoms with Crippen molar-refractivity contribution in [2.75, 3.05) is 36.0 Å². The topological polar surface area (TPSA) is 45.2 Å². The number of fused-ring (bicyclic) bond motifs is 1. The Morgan fingerprint density at radius 2 is 1.81 bits per heavy atom.